The summed E-state index contributed by atoms with van der Waals surface area (Å²) in [5, 5.41) is 6.61. The maximum Gasteiger partial charge on any atom is 0.191 e. The predicted octanol–water partition coefficient (Wildman–Crippen LogP) is 3.29. The molecular weight excluding hydrogens is 418 g/mol. The lowest BCUT2D eigenvalue weighted by molar-refractivity contribution is 0.282. The average molecular weight is 448 g/mol. The molecule has 4 nitrogen and oxygen atoms in total. The van der Waals surface area contributed by atoms with Crippen LogP contribution >= 0.6 is 24.0 Å². The van der Waals surface area contributed by atoms with Gasteiger partial charge in [-0.1, -0.05) is 19.1 Å². The van der Waals surface area contributed by atoms with Crippen LogP contribution in [-0.2, 0) is 6.54 Å². The Morgan fingerprint density at radius 2 is 2.04 bits per heavy atom. The molecule has 0 heterocycles. The van der Waals surface area contributed by atoms with Gasteiger partial charge in [0.15, 0.2) is 5.96 Å². The Hall–Kier alpha value is -0.890. The van der Waals surface area contributed by atoms with Crippen LogP contribution in [0.1, 0.15) is 37.8 Å². The van der Waals surface area contributed by atoms with Crippen molar-refractivity contribution in [3.8, 4) is 0 Å². The van der Waals surface area contributed by atoms with Gasteiger partial charge < -0.3 is 10.6 Å². The highest BCUT2D eigenvalue weighted by Gasteiger charge is 2.27. The number of hydrogen-bond donors (Lipinski definition) is 2. The third-order valence-corrected chi connectivity index (χ3v) is 4.16. The fourth-order valence-electron chi connectivity index (χ4n) is 2.60. The van der Waals surface area contributed by atoms with Crippen molar-refractivity contribution in [2.75, 3.05) is 26.2 Å². The number of nitrogens with zero attached hydrogens (tertiary/aromatic N) is 2. The second-order valence-corrected chi connectivity index (χ2v) is 6.07. The maximum atomic E-state index is 13.6. The Labute approximate surface area is 162 Å². The molecule has 0 atom stereocenters. The first-order valence-electron chi connectivity index (χ1n) is 8.65. The first kappa shape index (κ1) is 21.2. The van der Waals surface area contributed by atoms with Crippen molar-refractivity contribution in [1.29, 1.82) is 0 Å². The molecular formula is C18H30FIN4. The topological polar surface area (TPSA) is 39.7 Å². The van der Waals surface area contributed by atoms with Gasteiger partial charge >= 0.3 is 0 Å². The van der Waals surface area contributed by atoms with Gasteiger partial charge in [0.2, 0.25) is 0 Å². The van der Waals surface area contributed by atoms with E-state index in [1.807, 2.05) is 13.0 Å². The molecule has 1 aromatic rings. The quantitative estimate of drug-likeness (QED) is 0.364. The highest BCUT2D eigenvalue weighted by atomic mass is 127. The van der Waals surface area contributed by atoms with Crippen LogP contribution in [0.25, 0.3) is 0 Å². The maximum absolute atomic E-state index is 13.6. The van der Waals surface area contributed by atoms with E-state index in [1.54, 1.807) is 19.1 Å². The molecule has 0 spiro atoms. The number of benzene rings is 1. The lowest BCUT2D eigenvalue weighted by atomic mass is 10.1. The molecule has 0 amide bonds. The van der Waals surface area contributed by atoms with Crippen LogP contribution in [0.4, 0.5) is 4.39 Å². The van der Waals surface area contributed by atoms with Crippen LogP contribution in [0.3, 0.4) is 0 Å². The van der Waals surface area contributed by atoms with Gasteiger partial charge in [-0.15, -0.1) is 24.0 Å². The van der Waals surface area contributed by atoms with Gasteiger partial charge in [-0.2, -0.15) is 0 Å². The Morgan fingerprint density at radius 3 is 2.62 bits per heavy atom. The Kier molecular flexibility index (Phi) is 9.58. The molecule has 0 radical (unpaired) electrons. The predicted molar refractivity (Wildman–Crippen MR) is 110 cm³/mol. The molecule has 1 fully saturated rings. The van der Waals surface area contributed by atoms with Crippen molar-refractivity contribution in [3.05, 3.63) is 35.1 Å². The largest absolute Gasteiger partial charge is 0.357 e. The van der Waals surface area contributed by atoms with Crippen molar-refractivity contribution >= 4 is 29.9 Å². The average Bonchev–Trinajstić information content (AvgIpc) is 3.37. The third kappa shape index (κ3) is 6.93. The molecule has 0 unspecified atom stereocenters. The van der Waals surface area contributed by atoms with Gasteiger partial charge in [0.05, 0.1) is 6.54 Å². The van der Waals surface area contributed by atoms with Crippen molar-refractivity contribution in [1.82, 2.24) is 15.5 Å². The fraction of sp³-hybridized carbons (Fsp3) is 0.611. The van der Waals surface area contributed by atoms with Crippen molar-refractivity contribution in [2.45, 2.75) is 46.2 Å². The number of likely N-dealkylation sites (N-methyl/N-ethyl adjacent to an activating group) is 1. The Bertz CT molecular complexity index is 532. The zero-order valence-electron chi connectivity index (χ0n) is 14.9. The summed E-state index contributed by atoms with van der Waals surface area (Å²) in [5.41, 5.74) is 1.56. The summed E-state index contributed by atoms with van der Waals surface area (Å²) in [5.74, 6) is 0.624. The summed E-state index contributed by atoms with van der Waals surface area (Å²) in [6.45, 7) is 10.3. The Morgan fingerprint density at radius 1 is 1.29 bits per heavy atom. The van der Waals surface area contributed by atoms with Crippen LogP contribution in [0, 0.1) is 12.7 Å². The minimum Gasteiger partial charge on any atom is -0.357 e. The van der Waals surface area contributed by atoms with E-state index in [0.717, 1.165) is 43.7 Å². The summed E-state index contributed by atoms with van der Waals surface area (Å²) in [7, 11) is 0. The van der Waals surface area contributed by atoms with Crippen LogP contribution in [0.2, 0.25) is 0 Å². The second kappa shape index (κ2) is 10.9. The highest BCUT2D eigenvalue weighted by molar-refractivity contribution is 14.0. The number of aliphatic imine (C=N–C) groups is 1. The fourth-order valence-corrected chi connectivity index (χ4v) is 2.60. The number of rotatable bonds is 8. The summed E-state index contributed by atoms with van der Waals surface area (Å²) in [4.78, 5) is 7.05. The standard InChI is InChI=1S/C18H29FN4.HI/c1-4-20-18(21-10-11-23(5-2)16-8-9-16)22-13-15-7-6-14(3)17(19)12-15;/h6-7,12,16H,4-5,8-11,13H2,1-3H3,(H2,20,21,22);1H. The summed E-state index contributed by atoms with van der Waals surface area (Å²) in [6, 6.07) is 6.08. The molecule has 2 rings (SSSR count). The molecule has 0 saturated heterocycles. The molecule has 1 aliphatic carbocycles. The van der Waals surface area contributed by atoms with Crippen molar-refractivity contribution in [3.63, 3.8) is 0 Å². The molecule has 1 aromatic carbocycles. The molecule has 24 heavy (non-hydrogen) atoms. The molecule has 0 bridgehead atoms. The number of halogens is 2. The first-order chi connectivity index (χ1) is 11.1. The molecule has 0 aromatic heterocycles. The van der Waals surface area contributed by atoms with E-state index in [4.69, 9.17) is 0 Å². The van der Waals surface area contributed by atoms with E-state index in [9.17, 15) is 4.39 Å². The monoisotopic (exact) mass is 448 g/mol. The minimum absolute atomic E-state index is 0. The van der Waals surface area contributed by atoms with Gasteiger partial charge in [-0.05, 0) is 50.4 Å². The van der Waals surface area contributed by atoms with Gasteiger partial charge in [-0.25, -0.2) is 9.38 Å². The van der Waals surface area contributed by atoms with Crippen LogP contribution < -0.4 is 10.6 Å². The number of hydrogen-bond acceptors (Lipinski definition) is 2. The van der Waals surface area contributed by atoms with Gasteiger partial charge in [0.1, 0.15) is 5.82 Å². The van der Waals surface area contributed by atoms with Crippen molar-refractivity contribution < 1.29 is 4.39 Å². The van der Waals surface area contributed by atoms with Crippen molar-refractivity contribution in [2.24, 2.45) is 4.99 Å². The first-order valence-corrected chi connectivity index (χ1v) is 8.65. The summed E-state index contributed by atoms with van der Waals surface area (Å²) < 4.78 is 13.6. The second-order valence-electron chi connectivity index (χ2n) is 6.07. The summed E-state index contributed by atoms with van der Waals surface area (Å²) >= 11 is 0. The van der Waals surface area contributed by atoms with E-state index < -0.39 is 0 Å². The lowest BCUT2D eigenvalue weighted by Crippen LogP contribution is -2.42. The number of aryl methyl sites for hydroxylation is 1. The number of guanidine groups is 1. The number of nitrogens with one attached hydrogen (secondary N) is 2. The van der Waals surface area contributed by atoms with Crippen LogP contribution in [-0.4, -0.2) is 43.1 Å². The van der Waals surface area contributed by atoms with Gasteiger partial charge in [0, 0.05) is 25.7 Å². The third-order valence-electron chi connectivity index (χ3n) is 4.16. The van der Waals surface area contributed by atoms with Gasteiger partial charge in [-0.3, -0.25) is 4.90 Å². The zero-order chi connectivity index (χ0) is 16.7. The smallest absolute Gasteiger partial charge is 0.191 e. The normalized spacial score (nSPS) is 14.5. The Balaban J connectivity index is 0.00000288. The summed E-state index contributed by atoms with van der Waals surface area (Å²) in [6.07, 6.45) is 2.67. The van der Waals surface area contributed by atoms with E-state index in [2.05, 4.69) is 27.4 Å². The lowest BCUT2D eigenvalue weighted by Gasteiger charge is -2.20. The molecule has 1 saturated carbocycles. The molecule has 136 valence electrons. The van der Waals surface area contributed by atoms with Crippen LogP contribution in [0.5, 0.6) is 0 Å². The van der Waals surface area contributed by atoms with E-state index in [0.29, 0.717) is 12.1 Å². The molecule has 1 aliphatic rings. The van der Waals surface area contributed by atoms with Gasteiger partial charge in [0.25, 0.3) is 0 Å². The van der Waals surface area contributed by atoms with E-state index in [-0.39, 0.29) is 29.8 Å². The SMILES string of the molecule is CCNC(=NCc1ccc(C)c(F)c1)NCCN(CC)C1CC1.I. The molecule has 2 N–H and O–H groups in total. The van der Waals surface area contributed by atoms with E-state index in [1.165, 1.54) is 12.8 Å². The van der Waals surface area contributed by atoms with E-state index >= 15 is 0 Å². The highest BCUT2D eigenvalue weighted by Crippen LogP contribution is 2.25. The molecule has 6 heteroatoms. The molecule has 0 aliphatic heterocycles. The minimum atomic E-state index is -0.168. The zero-order valence-corrected chi connectivity index (χ0v) is 17.3. The van der Waals surface area contributed by atoms with Crippen LogP contribution in [0.15, 0.2) is 23.2 Å².